The summed E-state index contributed by atoms with van der Waals surface area (Å²) in [7, 11) is 0. The van der Waals surface area contributed by atoms with Gasteiger partial charge in [-0.1, -0.05) is 32.4 Å². The third-order valence-corrected chi connectivity index (χ3v) is 3.75. The molecule has 1 aromatic carbocycles. The molecule has 2 unspecified atom stereocenters. The Morgan fingerprint density at radius 3 is 2.75 bits per heavy atom. The normalized spacial score (nSPS) is 19.1. The van der Waals surface area contributed by atoms with Crippen LogP contribution in [-0.2, 0) is 6.42 Å². The van der Waals surface area contributed by atoms with E-state index in [1.54, 1.807) is 0 Å². The smallest absolute Gasteiger partial charge is 0.165 e. The highest BCUT2D eigenvalue weighted by atomic mass is 16.5. The Balaban J connectivity index is 2.17. The van der Waals surface area contributed by atoms with E-state index in [9.17, 15) is 5.11 Å². The molecule has 3 nitrogen and oxygen atoms in total. The van der Waals surface area contributed by atoms with Crippen LogP contribution in [0.15, 0.2) is 18.2 Å². The molecule has 0 saturated carbocycles. The molecule has 1 N–H and O–H groups in total. The summed E-state index contributed by atoms with van der Waals surface area (Å²) in [5, 5.41) is 10.2. The topological polar surface area (TPSA) is 38.7 Å². The van der Waals surface area contributed by atoms with Crippen molar-refractivity contribution in [2.45, 2.75) is 71.2 Å². The highest BCUT2D eigenvalue weighted by Crippen LogP contribution is 2.42. The summed E-state index contributed by atoms with van der Waals surface area (Å²) >= 11 is 0. The maximum atomic E-state index is 10.2. The van der Waals surface area contributed by atoms with Crippen molar-refractivity contribution in [3.05, 3.63) is 23.8 Å². The summed E-state index contributed by atoms with van der Waals surface area (Å²) in [4.78, 5) is 0. The lowest BCUT2D eigenvalue weighted by Gasteiger charge is -2.24. The van der Waals surface area contributed by atoms with Gasteiger partial charge in [-0.05, 0) is 32.8 Å². The molecule has 0 saturated heterocycles. The molecule has 0 aliphatic carbocycles. The number of fused-ring (bicyclic) bond motifs is 1. The minimum Gasteiger partial charge on any atom is -0.484 e. The van der Waals surface area contributed by atoms with E-state index < -0.39 is 6.10 Å². The Kier molecular flexibility index (Phi) is 4.59. The second-order valence-electron chi connectivity index (χ2n) is 6.20. The van der Waals surface area contributed by atoms with Crippen LogP contribution in [-0.4, -0.2) is 22.9 Å². The van der Waals surface area contributed by atoms with Crippen molar-refractivity contribution in [3.63, 3.8) is 0 Å². The fourth-order valence-electron chi connectivity index (χ4n) is 2.76. The van der Waals surface area contributed by atoms with Crippen molar-refractivity contribution in [1.29, 1.82) is 0 Å². The summed E-state index contributed by atoms with van der Waals surface area (Å²) in [5.41, 5.74) is 1.01. The van der Waals surface area contributed by atoms with Crippen LogP contribution in [0.4, 0.5) is 0 Å². The van der Waals surface area contributed by atoms with Gasteiger partial charge in [-0.15, -0.1) is 0 Å². The Morgan fingerprint density at radius 2 is 2.10 bits per heavy atom. The molecule has 20 heavy (non-hydrogen) atoms. The summed E-state index contributed by atoms with van der Waals surface area (Å²) in [6, 6.07) is 6.01. The summed E-state index contributed by atoms with van der Waals surface area (Å²) < 4.78 is 12.0. The van der Waals surface area contributed by atoms with Crippen molar-refractivity contribution in [1.82, 2.24) is 0 Å². The molecule has 1 heterocycles. The van der Waals surface area contributed by atoms with E-state index in [-0.39, 0.29) is 11.7 Å². The van der Waals surface area contributed by atoms with Crippen molar-refractivity contribution in [2.75, 3.05) is 0 Å². The standard InChI is InChI=1S/C17H26O3/c1-5-8-13(18)14(6-2)19-15-10-7-9-12-11-17(3,4)20-16(12)15/h7,9-10,13-14,18H,5-6,8,11H2,1-4H3. The quantitative estimate of drug-likeness (QED) is 0.862. The molecule has 0 radical (unpaired) electrons. The number of para-hydroxylation sites is 1. The molecule has 3 heteroatoms. The van der Waals surface area contributed by atoms with E-state index in [1.807, 2.05) is 19.1 Å². The fourth-order valence-corrected chi connectivity index (χ4v) is 2.76. The van der Waals surface area contributed by atoms with Gasteiger partial charge >= 0.3 is 0 Å². The molecule has 0 fully saturated rings. The van der Waals surface area contributed by atoms with Crippen LogP contribution >= 0.6 is 0 Å². The number of hydrogen-bond donors (Lipinski definition) is 1. The number of benzene rings is 1. The van der Waals surface area contributed by atoms with E-state index in [1.165, 1.54) is 5.56 Å². The summed E-state index contributed by atoms with van der Waals surface area (Å²) in [6.45, 7) is 8.28. The molecular formula is C17H26O3. The van der Waals surface area contributed by atoms with Gasteiger partial charge in [0.2, 0.25) is 0 Å². The molecule has 0 amide bonds. The molecule has 2 rings (SSSR count). The van der Waals surface area contributed by atoms with Gasteiger partial charge in [-0.3, -0.25) is 0 Å². The number of hydrogen-bond acceptors (Lipinski definition) is 3. The molecule has 112 valence electrons. The predicted molar refractivity (Wildman–Crippen MR) is 80.5 cm³/mol. The van der Waals surface area contributed by atoms with E-state index in [0.717, 1.165) is 37.2 Å². The summed E-state index contributed by atoms with van der Waals surface area (Å²) in [6.07, 6.45) is 2.81. The van der Waals surface area contributed by atoms with Gasteiger partial charge in [0.25, 0.3) is 0 Å². The molecule has 0 bridgehead atoms. The Hall–Kier alpha value is -1.22. The van der Waals surface area contributed by atoms with Crippen LogP contribution in [0.1, 0.15) is 52.5 Å². The molecule has 1 aromatic rings. The first-order chi connectivity index (χ1) is 9.46. The van der Waals surface area contributed by atoms with E-state index in [2.05, 4.69) is 26.8 Å². The molecule has 2 atom stereocenters. The zero-order valence-corrected chi connectivity index (χ0v) is 13.0. The van der Waals surface area contributed by atoms with Crippen molar-refractivity contribution >= 4 is 0 Å². The predicted octanol–water partition coefficient (Wildman–Crippen LogP) is 3.72. The third-order valence-electron chi connectivity index (χ3n) is 3.75. The second-order valence-corrected chi connectivity index (χ2v) is 6.20. The van der Waals surface area contributed by atoms with E-state index >= 15 is 0 Å². The highest BCUT2D eigenvalue weighted by molar-refractivity contribution is 5.50. The van der Waals surface area contributed by atoms with Gasteiger partial charge in [-0.25, -0.2) is 0 Å². The van der Waals surface area contributed by atoms with E-state index in [4.69, 9.17) is 9.47 Å². The SMILES string of the molecule is CCCC(O)C(CC)Oc1cccc2c1OC(C)(C)C2. The van der Waals surface area contributed by atoms with Gasteiger partial charge in [0, 0.05) is 12.0 Å². The molecule has 1 aliphatic heterocycles. The number of aliphatic hydroxyl groups excluding tert-OH is 1. The van der Waals surface area contributed by atoms with Gasteiger partial charge < -0.3 is 14.6 Å². The molecular weight excluding hydrogens is 252 g/mol. The number of aliphatic hydroxyl groups is 1. The maximum absolute atomic E-state index is 10.2. The van der Waals surface area contributed by atoms with Crippen molar-refractivity contribution < 1.29 is 14.6 Å². The zero-order chi connectivity index (χ0) is 14.8. The lowest BCUT2D eigenvalue weighted by molar-refractivity contribution is 0.0251. The third kappa shape index (κ3) is 3.26. The fraction of sp³-hybridized carbons (Fsp3) is 0.647. The Bertz CT molecular complexity index is 454. The maximum Gasteiger partial charge on any atom is 0.165 e. The molecule has 1 aliphatic rings. The van der Waals surface area contributed by atoms with Gasteiger partial charge in [0.05, 0.1) is 6.10 Å². The first-order valence-electron chi connectivity index (χ1n) is 7.62. The summed E-state index contributed by atoms with van der Waals surface area (Å²) in [5.74, 6) is 1.61. The van der Waals surface area contributed by atoms with Crippen molar-refractivity contribution in [2.24, 2.45) is 0 Å². The van der Waals surface area contributed by atoms with Gasteiger partial charge in [-0.2, -0.15) is 0 Å². The minimum atomic E-state index is -0.421. The van der Waals surface area contributed by atoms with Crippen LogP contribution in [0.25, 0.3) is 0 Å². The first-order valence-corrected chi connectivity index (χ1v) is 7.62. The van der Waals surface area contributed by atoms with Gasteiger partial charge in [0.15, 0.2) is 11.5 Å². The van der Waals surface area contributed by atoms with Gasteiger partial charge in [0.1, 0.15) is 11.7 Å². The van der Waals surface area contributed by atoms with Crippen molar-refractivity contribution in [3.8, 4) is 11.5 Å². The Morgan fingerprint density at radius 1 is 1.35 bits per heavy atom. The highest BCUT2D eigenvalue weighted by Gasteiger charge is 2.33. The second kappa shape index (κ2) is 6.04. The number of ether oxygens (including phenoxy) is 2. The van der Waals surface area contributed by atoms with Crippen LogP contribution in [0, 0.1) is 0 Å². The average molecular weight is 278 g/mol. The van der Waals surface area contributed by atoms with Crippen LogP contribution in [0.2, 0.25) is 0 Å². The minimum absolute atomic E-state index is 0.172. The lowest BCUT2D eigenvalue weighted by Crippen LogP contribution is -2.31. The van der Waals surface area contributed by atoms with Crippen LogP contribution < -0.4 is 9.47 Å². The monoisotopic (exact) mass is 278 g/mol. The van der Waals surface area contributed by atoms with Crippen LogP contribution in [0.5, 0.6) is 11.5 Å². The first kappa shape index (κ1) is 15.2. The van der Waals surface area contributed by atoms with E-state index in [0.29, 0.717) is 0 Å². The lowest BCUT2D eigenvalue weighted by atomic mass is 10.0. The average Bonchev–Trinajstić information content (AvgIpc) is 2.70. The zero-order valence-electron chi connectivity index (χ0n) is 13.0. The molecule has 0 spiro atoms. The Labute approximate surface area is 121 Å². The number of rotatable bonds is 6. The largest absolute Gasteiger partial charge is 0.484 e. The molecule has 0 aromatic heterocycles. The van der Waals surface area contributed by atoms with Crippen LogP contribution in [0.3, 0.4) is 0 Å².